The number of carbonyl (C=O) groups excluding carboxylic acids is 1. The number of nitrogens with two attached hydrogens (primary N) is 1. The van der Waals surface area contributed by atoms with Gasteiger partial charge in [0.05, 0.1) is 23.9 Å². The van der Waals surface area contributed by atoms with Gasteiger partial charge in [-0.25, -0.2) is 0 Å². The molecule has 0 saturated heterocycles. The van der Waals surface area contributed by atoms with Crippen LogP contribution in [0.15, 0.2) is 18.2 Å². The molecule has 6 heteroatoms. The fourth-order valence-corrected chi connectivity index (χ4v) is 1.31. The molecule has 1 rings (SSSR count). The number of anilines is 1. The zero-order valence-electron chi connectivity index (χ0n) is 8.99. The Labute approximate surface area is 106 Å². The van der Waals surface area contributed by atoms with Crippen LogP contribution in [-0.2, 0) is 4.79 Å². The van der Waals surface area contributed by atoms with Gasteiger partial charge < -0.3 is 15.8 Å². The van der Waals surface area contributed by atoms with Crippen LogP contribution >= 0.6 is 24.0 Å². The van der Waals surface area contributed by atoms with Crippen molar-refractivity contribution in [3.05, 3.63) is 23.2 Å². The van der Waals surface area contributed by atoms with Crippen molar-refractivity contribution >= 4 is 35.6 Å². The summed E-state index contributed by atoms with van der Waals surface area (Å²) in [6.45, 7) is 1.60. The molecule has 0 spiro atoms. The van der Waals surface area contributed by atoms with E-state index in [1.807, 2.05) is 0 Å². The number of benzene rings is 1. The number of methoxy groups -OCH3 is 1. The predicted octanol–water partition coefficient (Wildman–Crippen LogP) is 2.06. The number of hydrogen-bond acceptors (Lipinski definition) is 3. The molecule has 0 bridgehead atoms. The second kappa shape index (κ2) is 6.58. The molecular formula is C10H14Cl2N2O2. The average Bonchev–Trinajstić information content (AvgIpc) is 2.18. The highest BCUT2D eigenvalue weighted by Gasteiger charge is 2.12. The lowest BCUT2D eigenvalue weighted by molar-refractivity contribution is -0.117. The highest BCUT2D eigenvalue weighted by molar-refractivity contribution is 6.32. The molecule has 0 saturated carbocycles. The first-order valence-electron chi connectivity index (χ1n) is 4.45. The Morgan fingerprint density at radius 1 is 1.56 bits per heavy atom. The van der Waals surface area contributed by atoms with Crippen molar-refractivity contribution in [2.24, 2.45) is 5.73 Å². The maximum absolute atomic E-state index is 11.4. The average molecular weight is 265 g/mol. The van der Waals surface area contributed by atoms with E-state index in [4.69, 9.17) is 22.1 Å². The standard InChI is InChI=1S/C10H13ClN2O2.ClH/c1-6(12)10(14)13-8-5-3-4-7(11)9(8)15-2;/h3-6H,12H2,1-2H3,(H,13,14);1H/t6-;/m0./s1. The van der Waals surface area contributed by atoms with E-state index in [1.54, 1.807) is 25.1 Å². The van der Waals surface area contributed by atoms with Gasteiger partial charge >= 0.3 is 0 Å². The molecule has 16 heavy (non-hydrogen) atoms. The van der Waals surface area contributed by atoms with E-state index in [1.165, 1.54) is 7.11 Å². The van der Waals surface area contributed by atoms with E-state index in [0.717, 1.165) is 0 Å². The van der Waals surface area contributed by atoms with Gasteiger partial charge in [0.1, 0.15) is 0 Å². The summed E-state index contributed by atoms with van der Waals surface area (Å²) in [5.74, 6) is 0.156. The second-order valence-electron chi connectivity index (χ2n) is 3.10. The molecule has 0 aliphatic carbocycles. The Hall–Kier alpha value is -0.970. The molecule has 0 aromatic heterocycles. The van der Waals surface area contributed by atoms with Crippen molar-refractivity contribution < 1.29 is 9.53 Å². The van der Waals surface area contributed by atoms with Crippen LogP contribution in [0.4, 0.5) is 5.69 Å². The van der Waals surface area contributed by atoms with Gasteiger partial charge in [0.25, 0.3) is 0 Å². The minimum absolute atomic E-state index is 0. The molecular weight excluding hydrogens is 251 g/mol. The number of amides is 1. The number of halogens is 2. The van der Waals surface area contributed by atoms with Crippen LogP contribution in [0.5, 0.6) is 5.75 Å². The van der Waals surface area contributed by atoms with Crippen molar-refractivity contribution in [1.82, 2.24) is 0 Å². The largest absolute Gasteiger partial charge is 0.493 e. The molecule has 1 aromatic carbocycles. The van der Waals surface area contributed by atoms with Gasteiger partial charge in [0.2, 0.25) is 5.91 Å². The first-order chi connectivity index (χ1) is 7.06. The second-order valence-corrected chi connectivity index (χ2v) is 3.51. The lowest BCUT2D eigenvalue weighted by Gasteiger charge is -2.12. The molecule has 1 amide bonds. The van der Waals surface area contributed by atoms with E-state index >= 15 is 0 Å². The molecule has 0 fully saturated rings. The van der Waals surface area contributed by atoms with Crippen LogP contribution in [-0.4, -0.2) is 19.1 Å². The summed E-state index contributed by atoms with van der Waals surface area (Å²) in [6, 6.07) is 4.53. The minimum atomic E-state index is -0.575. The molecule has 0 aliphatic rings. The molecule has 4 nitrogen and oxygen atoms in total. The molecule has 90 valence electrons. The number of para-hydroxylation sites is 1. The third-order valence-corrected chi connectivity index (χ3v) is 2.14. The normalized spacial score (nSPS) is 11.2. The van der Waals surface area contributed by atoms with Crippen molar-refractivity contribution in [2.45, 2.75) is 13.0 Å². The third-order valence-electron chi connectivity index (χ3n) is 1.84. The van der Waals surface area contributed by atoms with Crippen molar-refractivity contribution in [3.63, 3.8) is 0 Å². The Kier molecular flexibility index (Phi) is 6.18. The van der Waals surface area contributed by atoms with Crippen molar-refractivity contribution in [2.75, 3.05) is 12.4 Å². The molecule has 0 aliphatic heterocycles. The summed E-state index contributed by atoms with van der Waals surface area (Å²) >= 11 is 5.89. The van der Waals surface area contributed by atoms with Crippen molar-refractivity contribution in [1.29, 1.82) is 0 Å². The topological polar surface area (TPSA) is 64.3 Å². The summed E-state index contributed by atoms with van der Waals surface area (Å²) in [4.78, 5) is 11.4. The summed E-state index contributed by atoms with van der Waals surface area (Å²) in [7, 11) is 1.49. The Morgan fingerprint density at radius 3 is 2.69 bits per heavy atom. The zero-order chi connectivity index (χ0) is 11.4. The quantitative estimate of drug-likeness (QED) is 0.879. The molecule has 0 radical (unpaired) electrons. The first-order valence-corrected chi connectivity index (χ1v) is 4.83. The van der Waals surface area contributed by atoms with Crippen molar-refractivity contribution in [3.8, 4) is 5.75 Å². The summed E-state index contributed by atoms with van der Waals surface area (Å²) in [5, 5.41) is 3.07. The van der Waals surface area contributed by atoms with Crippen LogP contribution < -0.4 is 15.8 Å². The molecule has 0 unspecified atom stereocenters. The zero-order valence-corrected chi connectivity index (χ0v) is 10.6. The van der Waals surface area contributed by atoms with Gasteiger partial charge in [-0.15, -0.1) is 12.4 Å². The molecule has 1 aromatic rings. The van der Waals surface area contributed by atoms with E-state index in [-0.39, 0.29) is 18.3 Å². The van der Waals surface area contributed by atoms with Gasteiger partial charge in [-0.1, -0.05) is 17.7 Å². The molecule has 0 heterocycles. The highest BCUT2D eigenvalue weighted by atomic mass is 35.5. The monoisotopic (exact) mass is 264 g/mol. The number of rotatable bonds is 3. The van der Waals surface area contributed by atoms with Gasteiger partial charge in [-0.05, 0) is 19.1 Å². The summed E-state index contributed by atoms with van der Waals surface area (Å²) < 4.78 is 5.07. The van der Waals surface area contributed by atoms with Gasteiger partial charge in [-0.2, -0.15) is 0 Å². The van der Waals surface area contributed by atoms with Crippen LogP contribution in [0.1, 0.15) is 6.92 Å². The van der Waals surface area contributed by atoms with E-state index in [9.17, 15) is 4.79 Å². The van der Waals surface area contributed by atoms with Crippen LogP contribution in [0, 0.1) is 0 Å². The Bertz CT molecular complexity index is 370. The SMILES string of the molecule is COc1c(Cl)cccc1NC(=O)[C@H](C)N.Cl. The first kappa shape index (κ1) is 15.0. The maximum atomic E-state index is 11.4. The summed E-state index contributed by atoms with van der Waals surface area (Å²) in [6.07, 6.45) is 0. The number of ether oxygens (including phenoxy) is 1. The third kappa shape index (κ3) is 3.56. The molecule has 1 atom stereocenters. The van der Waals surface area contributed by atoms with Gasteiger partial charge in [-0.3, -0.25) is 4.79 Å². The number of carbonyl (C=O) groups is 1. The van der Waals surface area contributed by atoms with Crippen LogP contribution in [0.25, 0.3) is 0 Å². The molecule has 3 N–H and O–H groups in total. The predicted molar refractivity (Wildman–Crippen MR) is 67.5 cm³/mol. The Morgan fingerprint density at radius 2 is 2.19 bits per heavy atom. The van der Waals surface area contributed by atoms with E-state index in [0.29, 0.717) is 16.5 Å². The maximum Gasteiger partial charge on any atom is 0.241 e. The van der Waals surface area contributed by atoms with Crippen LogP contribution in [0.2, 0.25) is 5.02 Å². The minimum Gasteiger partial charge on any atom is -0.493 e. The highest BCUT2D eigenvalue weighted by Crippen LogP contribution is 2.32. The number of nitrogens with one attached hydrogen (secondary N) is 1. The van der Waals surface area contributed by atoms with Crippen LogP contribution in [0.3, 0.4) is 0 Å². The fraction of sp³-hybridized carbons (Fsp3) is 0.300. The van der Waals surface area contributed by atoms with Gasteiger partial charge in [0.15, 0.2) is 5.75 Å². The van der Waals surface area contributed by atoms with E-state index in [2.05, 4.69) is 5.32 Å². The smallest absolute Gasteiger partial charge is 0.241 e. The lowest BCUT2D eigenvalue weighted by Crippen LogP contribution is -2.32. The lowest BCUT2D eigenvalue weighted by atomic mass is 10.2. The number of hydrogen-bond donors (Lipinski definition) is 2. The Balaban J connectivity index is 0.00000225. The summed E-state index contributed by atoms with van der Waals surface area (Å²) in [5.41, 5.74) is 5.95. The fourth-order valence-electron chi connectivity index (χ4n) is 1.06. The van der Waals surface area contributed by atoms with Gasteiger partial charge in [0, 0.05) is 0 Å². The van der Waals surface area contributed by atoms with E-state index < -0.39 is 6.04 Å².